The Labute approximate surface area is 193 Å². The summed E-state index contributed by atoms with van der Waals surface area (Å²) in [6, 6.07) is 12.6. The quantitative estimate of drug-likeness (QED) is 0.552. The van der Waals surface area contributed by atoms with E-state index < -0.39 is 29.1 Å². The first-order chi connectivity index (χ1) is 14.8. The van der Waals surface area contributed by atoms with Gasteiger partial charge in [-0.2, -0.15) is 0 Å². The Balaban J connectivity index is 1.83. The van der Waals surface area contributed by atoms with Gasteiger partial charge in [0.2, 0.25) is 5.91 Å². The predicted molar refractivity (Wildman–Crippen MR) is 122 cm³/mol. The zero-order valence-electron chi connectivity index (χ0n) is 16.4. The molecule has 0 bridgehead atoms. The zero-order valence-corrected chi connectivity index (χ0v) is 18.7. The van der Waals surface area contributed by atoms with Crippen molar-refractivity contribution in [1.29, 1.82) is 0 Å². The molecule has 3 rings (SSSR count). The number of halogens is 2. The number of hydrogen-bond acceptors (Lipinski definition) is 6. The number of carbonyl (C=O) groups excluding carboxylic acids is 3. The number of nitrogens with one attached hydrogen (secondary N) is 2. The summed E-state index contributed by atoms with van der Waals surface area (Å²) < 4.78 is 5.13. The first kappa shape index (κ1) is 23.0. The maximum Gasteiger partial charge on any atom is 0.337 e. The summed E-state index contributed by atoms with van der Waals surface area (Å²) in [5.41, 5.74) is 7.27. The van der Waals surface area contributed by atoms with E-state index in [1.165, 1.54) is 0 Å². The molecule has 0 radical (unpaired) electrons. The van der Waals surface area contributed by atoms with Crippen molar-refractivity contribution in [1.82, 2.24) is 5.32 Å². The number of esters is 1. The number of hydrogen-bond donors (Lipinski definition) is 3. The van der Waals surface area contributed by atoms with Crippen molar-refractivity contribution < 1.29 is 19.1 Å². The Morgan fingerprint density at radius 1 is 1.10 bits per heavy atom. The van der Waals surface area contributed by atoms with E-state index in [1.54, 1.807) is 55.5 Å². The highest BCUT2D eigenvalue weighted by Crippen LogP contribution is 2.46. The average molecular weight is 480 g/mol. The van der Waals surface area contributed by atoms with Crippen LogP contribution in [0.3, 0.4) is 0 Å². The molecule has 1 aliphatic heterocycles. The van der Waals surface area contributed by atoms with E-state index >= 15 is 0 Å². The second-order valence-electron chi connectivity index (χ2n) is 6.49. The lowest BCUT2D eigenvalue weighted by atomic mass is 9.88. The van der Waals surface area contributed by atoms with Gasteiger partial charge in [0, 0.05) is 10.9 Å². The summed E-state index contributed by atoms with van der Waals surface area (Å²) in [5, 5.41) is 4.96. The fourth-order valence-electron chi connectivity index (χ4n) is 3.12. The fraction of sp³-hybridized carbons (Fsp3) is 0.190. The van der Waals surface area contributed by atoms with Crippen molar-refractivity contribution in [2.45, 2.75) is 18.1 Å². The van der Waals surface area contributed by atoms with Gasteiger partial charge >= 0.3 is 12.0 Å². The molecular formula is C21H19Cl2N3O4S. The summed E-state index contributed by atoms with van der Waals surface area (Å²) in [7, 11) is 0. The third-order valence-electron chi connectivity index (χ3n) is 4.47. The molecule has 0 saturated carbocycles. The van der Waals surface area contributed by atoms with Crippen LogP contribution in [0.1, 0.15) is 18.4 Å². The molecular weight excluding hydrogens is 461 g/mol. The summed E-state index contributed by atoms with van der Waals surface area (Å²) in [5.74, 6) is -1.94. The zero-order chi connectivity index (χ0) is 22.5. The van der Waals surface area contributed by atoms with Crippen molar-refractivity contribution >= 4 is 58.6 Å². The van der Waals surface area contributed by atoms with E-state index in [4.69, 9.17) is 33.7 Å². The minimum absolute atomic E-state index is 0.157. The van der Waals surface area contributed by atoms with Crippen molar-refractivity contribution in [3.8, 4) is 0 Å². The van der Waals surface area contributed by atoms with Gasteiger partial charge in [0.05, 0.1) is 27.9 Å². The Morgan fingerprint density at radius 3 is 2.42 bits per heavy atom. The van der Waals surface area contributed by atoms with Crippen molar-refractivity contribution in [3.63, 3.8) is 0 Å². The fourth-order valence-corrected chi connectivity index (χ4v) is 4.64. The monoisotopic (exact) mass is 479 g/mol. The lowest BCUT2D eigenvalue weighted by molar-refractivity contribution is -0.138. The Kier molecular flexibility index (Phi) is 7.48. The molecule has 0 aromatic heterocycles. The molecule has 7 nitrogen and oxygen atoms in total. The van der Waals surface area contributed by atoms with Crippen LogP contribution in [-0.2, 0) is 14.3 Å². The molecule has 0 saturated heterocycles. The van der Waals surface area contributed by atoms with E-state index in [0.29, 0.717) is 21.3 Å². The van der Waals surface area contributed by atoms with E-state index in [-0.39, 0.29) is 17.2 Å². The van der Waals surface area contributed by atoms with Gasteiger partial charge in [-0.15, -0.1) is 0 Å². The first-order valence-corrected chi connectivity index (χ1v) is 10.9. The standard InChI is InChI=1S/C21H19Cl2N3O4S/c1-2-30-20(28)16-15(11-7-9-12(22)10-8-11)17(31-18(16)24)19(27)26-21(29)25-14-6-4-3-5-13(14)23/h3-10,15,17H,2,24H2,1H3,(H2,25,26,27,29). The molecule has 2 aromatic carbocycles. The normalized spacial score (nSPS) is 17.9. The summed E-state index contributed by atoms with van der Waals surface area (Å²) in [6.07, 6.45) is 0. The number of nitrogens with two attached hydrogens (primary N) is 1. The van der Waals surface area contributed by atoms with Gasteiger partial charge < -0.3 is 15.8 Å². The molecule has 0 aliphatic carbocycles. The smallest absolute Gasteiger partial charge is 0.337 e. The number of ether oxygens (including phenoxy) is 1. The van der Waals surface area contributed by atoms with Gasteiger partial charge in [-0.25, -0.2) is 9.59 Å². The Bertz CT molecular complexity index is 1040. The summed E-state index contributed by atoms with van der Waals surface area (Å²) in [4.78, 5) is 37.9. The molecule has 2 unspecified atom stereocenters. The number of thioether (sulfide) groups is 1. The minimum Gasteiger partial charge on any atom is -0.463 e. The molecule has 1 heterocycles. The molecule has 31 heavy (non-hydrogen) atoms. The molecule has 4 N–H and O–H groups in total. The number of amides is 3. The second-order valence-corrected chi connectivity index (χ2v) is 8.52. The van der Waals surface area contributed by atoms with Crippen LogP contribution in [-0.4, -0.2) is 29.8 Å². The average Bonchev–Trinajstić information content (AvgIpc) is 3.08. The van der Waals surface area contributed by atoms with Crippen LogP contribution < -0.4 is 16.4 Å². The third kappa shape index (κ3) is 5.33. The molecule has 3 amide bonds. The van der Waals surface area contributed by atoms with Crippen LogP contribution in [0.5, 0.6) is 0 Å². The lowest BCUT2D eigenvalue weighted by Gasteiger charge is -2.21. The Hall–Kier alpha value is -2.68. The van der Waals surface area contributed by atoms with Crippen LogP contribution in [0.2, 0.25) is 10.0 Å². The highest BCUT2D eigenvalue weighted by molar-refractivity contribution is 8.04. The first-order valence-electron chi connectivity index (χ1n) is 9.27. The molecule has 2 aromatic rings. The van der Waals surface area contributed by atoms with Crippen LogP contribution in [0, 0.1) is 0 Å². The number of para-hydroxylation sites is 1. The largest absolute Gasteiger partial charge is 0.463 e. The van der Waals surface area contributed by atoms with Crippen molar-refractivity contribution in [2.75, 3.05) is 11.9 Å². The topological polar surface area (TPSA) is 111 Å². The van der Waals surface area contributed by atoms with E-state index in [9.17, 15) is 14.4 Å². The van der Waals surface area contributed by atoms with Gasteiger partial charge in [0.1, 0.15) is 5.25 Å². The second kappa shape index (κ2) is 10.1. The number of urea groups is 1. The molecule has 10 heteroatoms. The molecule has 1 aliphatic rings. The summed E-state index contributed by atoms with van der Waals surface area (Å²) in [6.45, 7) is 1.84. The van der Waals surface area contributed by atoms with Gasteiger partial charge in [0.25, 0.3) is 0 Å². The van der Waals surface area contributed by atoms with Gasteiger partial charge in [-0.3, -0.25) is 10.1 Å². The number of anilines is 1. The predicted octanol–water partition coefficient (Wildman–Crippen LogP) is 4.27. The maximum absolute atomic E-state index is 13.0. The molecule has 0 spiro atoms. The molecule has 2 atom stereocenters. The molecule has 162 valence electrons. The van der Waals surface area contributed by atoms with E-state index in [2.05, 4.69) is 10.6 Å². The third-order valence-corrected chi connectivity index (χ3v) is 6.27. The SMILES string of the molecule is CCOC(=O)C1=C(N)SC(C(=O)NC(=O)Nc2ccccc2Cl)C1c1ccc(Cl)cc1. The van der Waals surface area contributed by atoms with E-state index in [1.807, 2.05) is 0 Å². The van der Waals surface area contributed by atoms with Gasteiger partial charge in [-0.1, -0.05) is 59.2 Å². The lowest BCUT2D eigenvalue weighted by Crippen LogP contribution is -2.41. The number of carbonyl (C=O) groups is 3. The summed E-state index contributed by atoms with van der Waals surface area (Å²) >= 11 is 13.0. The maximum atomic E-state index is 13.0. The number of imide groups is 1. The highest BCUT2D eigenvalue weighted by atomic mass is 35.5. The number of benzene rings is 2. The van der Waals surface area contributed by atoms with E-state index in [0.717, 1.165) is 11.8 Å². The number of rotatable bonds is 5. The van der Waals surface area contributed by atoms with Gasteiger partial charge in [0.15, 0.2) is 0 Å². The van der Waals surface area contributed by atoms with Gasteiger partial charge in [-0.05, 0) is 36.8 Å². The minimum atomic E-state index is -0.863. The van der Waals surface area contributed by atoms with Crippen LogP contribution in [0.4, 0.5) is 10.5 Å². The van der Waals surface area contributed by atoms with Crippen molar-refractivity contribution in [3.05, 3.63) is 74.7 Å². The van der Waals surface area contributed by atoms with Crippen LogP contribution >= 0.6 is 35.0 Å². The Morgan fingerprint density at radius 2 is 1.77 bits per heavy atom. The highest BCUT2D eigenvalue weighted by Gasteiger charge is 2.44. The van der Waals surface area contributed by atoms with Crippen LogP contribution in [0.25, 0.3) is 0 Å². The van der Waals surface area contributed by atoms with Crippen molar-refractivity contribution in [2.24, 2.45) is 5.73 Å². The molecule has 0 fully saturated rings. The van der Waals surface area contributed by atoms with Crippen LogP contribution in [0.15, 0.2) is 59.1 Å².